The zero-order chi connectivity index (χ0) is 11.1. The van der Waals surface area contributed by atoms with Gasteiger partial charge in [0.25, 0.3) is 0 Å². The molecule has 0 amide bonds. The molecule has 2 nitrogen and oxygen atoms in total. The van der Waals surface area contributed by atoms with E-state index in [2.05, 4.69) is 25.3 Å². The number of nitrogens with zero attached hydrogens (tertiary/aromatic N) is 1. The van der Waals surface area contributed by atoms with Crippen LogP contribution in [0.3, 0.4) is 0 Å². The number of alkyl halides is 1. The van der Waals surface area contributed by atoms with Crippen molar-refractivity contribution in [3.8, 4) is 0 Å². The van der Waals surface area contributed by atoms with E-state index in [1.165, 1.54) is 6.08 Å². The second-order valence-corrected chi connectivity index (χ2v) is 5.21. The van der Waals surface area contributed by atoms with Gasteiger partial charge >= 0.3 is 0 Å². The second kappa shape index (κ2) is 3.56. The van der Waals surface area contributed by atoms with Gasteiger partial charge in [-0.25, -0.2) is 4.39 Å². The van der Waals surface area contributed by atoms with Gasteiger partial charge in [-0.2, -0.15) is 0 Å². The zero-order valence-corrected chi connectivity index (χ0v) is 9.63. The van der Waals surface area contributed by atoms with Crippen molar-refractivity contribution in [3.05, 3.63) is 12.7 Å². The Hall–Kier alpha value is -0.410. The average Bonchev–Trinajstić information content (AvgIpc) is 2.96. The van der Waals surface area contributed by atoms with Crippen LogP contribution in [-0.2, 0) is 4.74 Å². The molecular weight excluding hydrogens is 193 g/mol. The first-order chi connectivity index (χ1) is 6.99. The summed E-state index contributed by atoms with van der Waals surface area (Å²) in [6.07, 6.45) is 3.54. The van der Waals surface area contributed by atoms with E-state index >= 15 is 0 Å². The van der Waals surface area contributed by atoms with E-state index in [0.717, 1.165) is 19.4 Å². The van der Waals surface area contributed by atoms with Crippen molar-refractivity contribution < 1.29 is 9.13 Å². The maximum atomic E-state index is 14.3. The van der Waals surface area contributed by atoms with Crippen LogP contribution in [0.5, 0.6) is 0 Å². The van der Waals surface area contributed by atoms with Crippen molar-refractivity contribution in [3.63, 3.8) is 0 Å². The molecule has 0 bridgehead atoms. The van der Waals surface area contributed by atoms with Gasteiger partial charge in [0, 0.05) is 19.1 Å². The Bertz CT molecular complexity index is 262. The molecule has 1 saturated carbocycles. The normalized spacial score (nSPS) is 35.5. The fourth-order valence-corrected chi connectivity index (χ4v) is 2.06. The van der Waals surface area contributed by atoms with Gasteiger partial charge in [-0.3, -0.25) is 4.90 Å². The Kier molecular flexibility index (Phi) is 2.63. The minimum atomic E-state index is -1.38. The number of ether oxygens (including phenoxy) is 1. The summed E-state index contributed by atoms with van der Waals surface area (Å²) in [6, 6.07) is 0.360. The van der Waals surface area contributed by atoms with Crippen LogP contribution in [0, 0.1) is 0 Å². The van der Waals surface area contributed by atoms with Crippen molar-refractivity contribution in [2.45, 2.75) is 44.0 Å². The molecule has 1 saturated heterocycles. The molecule has 1 atom stereocenters. The molecule has 15 heavy (non-hydrogen) atoms. The maximum absolute atomic E-state index is 14.3. The van der Waals surface area contributed by atoms with Crippen LogP contribution < -0.4 is 0 Å². The van der Waals surface area contributed by atoms with Gasteiger partial charge in [0.05, 0.1) is 12.2 Å². The molecule has 86 valence electrons. The highest BCUT2D eigenvalue weighted by atomic mass is 19.1. The van der Waals surface area contributed by atoms with Crippen molar-refractivity contribution in [1.29, 1.82) is 0 Å². The van der Waals surface area contributed by atoms with Crippen molar-refractivity contribution >= 4 is 0 Å². The molecule has 0 aromatic carbocycles. The predicted octanol–water partition coefficient (Wildman–Crippen LogP) is 2.15. The minimum Gasteiger partial charge on any atom is -0.370 e. The molecule has 0 aromatic rings. The van der Waals surface area contributed by atoms with E-state index in [9.17, 15) is 4.39 Å². The SMILES string of the molecule is C=C[C@]1(F)COC2(CC2)CN(C(C)C)C1. The molecule has 2 rings (SSSR count). The van der Waals surface area contributed by atoms with E-state index in [4.69, 9.17) is 4.74 Å². The topological polar surface area (TPSA) is 12.5 Å². The largest absolute Gasteiger partial charge is 0.370 e. The van der Waals surface area contributed by atoms with Crippen LogP contribution in [0.25, 0.3) is 0 Å². The molecule has 0 radical (unpaired) electrons. The lowest BCUT2D eigenvalue weighted by atomic mass is 10.1. The molecule has 0 unspecified atom stereocenters. The van der Waals surface area contributed by atoms with Gasteiger partial charge in [-0.05, 0) is 26.7 Å². The summed E-state index contributed by atoms with van der Waals surface area (Å²) in [5, 5.41) is 0. The standard InChI is InChI=1S/C12H20FNO/c1-4-11(13)7-14(10(2)3)8-12(5-6-12)15-9-11/h4,10H,1,5-9H2,2-3H3/t11-/m1/s1. The summed E-state index contributed by atoms with van der Waals surface area (Å²) in [7, 11) is 0. The Labute approximate surface area is 91.1 Å². The first kappa shape index (κ1) is 11.1. The zero-order valence-electron chi connectivity index (χ0n) is 9.63. The lowest BCUT2D eigenvalue weighted by Crippen LogP contribution is -2.43. The molecule has 1 aliphatic heterocycles. The van der Waals surface area contributed by atoms with Gasteiger partial charge in [-0.15, -0.1) is 0 Å². The number of hydrogen-bond acceptors (Lipinski definition) is 2. The summed E-state index contributed by atoms with van der Waals surface area (Å²) in [4.78, 5) is 2.17. The van der Waals surface area contributed by atoms with Crippen LogP contribution in [0.2, 0.25) is 0 Å². The number of hydrogen-bond donors (Lipinski definition) is 0. The van der Waals surface area contributed by atoms with Gasteiger partial charge in [0.1, 0.15) is 0 Å². The smallest absolute Gasteiger partial charge is 0.164 e. The monoisotopic (exact) mass is 213 g/mol. The molecule has 2 aliphatic rings. The van der Waals surface area contributed by atoms with Crippen LogP contribution in [0.15, 0.2) is 12.7 Å². The molecule has 1 heterocycles. The molecule has 2 fully saturated rings. The van der Waals surface area contributed by atoms with Gasteiger partial charge < -0.3 is 4.74 Å². The highest BCUT2D eigenvalue weighted by molar-refractivity contribution is 5.07. The summed E-state index contributed by atoms with van der Waals surface area (Å²) in [5.74, 6) is 0. The first-order valence-electron chi connectivity index (χ1n) is 5.69. The Balaban J connectivity index is 2.14. The highest BCUT2D eigenvalue weighted by Crippen LogP contribution is 2.43. The third-order valence-corrected chi connectivity index (χ3v) is 3.48. The lowest BCUT2D eigenvalue weighted by Gasteiger charge is -2.29. The van der Waals surface area contributed by atoms with Crippen LogP contribution in [-0.4, -0.2) is 41.9 Å². The van der Waals surface area contributed by atoms with Crippen LogP contribution in [0.1, 0.15) is 26.7 Å². The highest BCUT2D eigenvalue weighted by Gasteiger charge is 2.50. The summed E-state index contributed by atoms with van der Waals surface area (Å²) in [6.45, 7) is 9.23. The van der Waals surface area contributed by atoms with Gasteiger partial charge in [-0.1, -0.05) is 12.7 Å². The van der Waals surface area contributed by atoms with Gasteiger partial charge in [0.15, 0.2) is 5.67 Å². The second-order valence-electron chi connectivity index (χ2n) is 5.21. The van der Waals surface area contributed by atoms with E-state index in [-0.39, 0.29) is 12.2 Å². The predicted molar refractivity (Wildman–Crippen MR) is 58.7 cm³/mol. The van der Waals surface area contributed by atoms with E-state index < -0.39 is 5.67 Å². The molecule has 3 heteroatoms. The molecule has 1 aliphatic carbocycles. The molecular formula is C12H20FNO. The summed E-state index contributed by atoms with van der Waals surface area (Å²) in [5.41, 5.74) is -1.42. The molecule has 0 aromatic heterocycles. The third kappa shape index (κ3) is 2.23. The van der Waals surface area contributed by atoms with Crippen molar-refractivity contribution in [2.75, 3.05) is 19.7 Å². The Morgan fingerprint density at radius 3 is 2.53 bits per heavy atom. The lowest BCUT2D eigenvalue weighted by molar-refractivity contribution is -0.000485. The van der Waals surface area contributed by atoms with Crippen molar-refractivity contribution in [2.24, 2.45) is 0 Å². The van der Waals surface area contributed by atoms with Crippen LogP contribution in [0.4, 0.5) is 4.39 Å². The number of halogens is 1. The molecule has 1 spiro atoms. The van der Waals surface area contributed by atoms with E-state index in [1.807, 2.05) is 0 Å². The van der Waals surface area contributed by atoms with Crippen molar-refractivity contribution in [1.82, 2.24) is 4.90 Å². The molecule has 0 N–H and O–H groups in total. The van der Waals surface area contributed by atoms with E-state index in [0.29, 0.717) is 12.6 Å². The Morgan fingerprint density at radius 1 is 1.40 bits per heavy atom. The Morgan fingerprint density at radius 2 is 2.07 bits per heavy atom. The minimum absolute atomic E-state index is 0.0406. The average molecular weight is 213 g/mol. The van der Waals surface area contributed by atoms with E-state index in [1.54, 1.807) is 0 Å². The maximum Gasteiger partial charge on any atom is 0.164 e. The van der Waals surface area contributed by atoms with Gasteiger partial charge in [0.2, 0.25) is 0 Å². The first-order valence-corrected chi connectivity index (χ1v) is 5.69. The number of rotatable bonds is 2. The summed E-state index contributed by atoms with van der Waals surface area (Å²) < 4.78 is 20.0. The quantitative estimate of drug-likeness (QED) is 0.652. The summed E-state index contributed by atoms with van der Waals surface area (Å²) >= 11 is 0. The fourth-order valence-electron chi connectivity index (χ4n) is 2.06. The third-order valence-electron chi connectivity index (χ3n) is 3.48. The fraction of sp³-hybridized carbons (Fsp3) is 0.833. The van der Waals surface area contributed by atoms with Crippen LogP contribution >= 0.6 is 0 Å².